The summed E-state index contributed by atoms with van der Waals surface area (Å²) in [5.41, 5.74) is 0.590. The molecule has 0 spiro atoms. The summed E-state index contributed by atoms with van der Waals surface area (Å²) in [6.45, 7) is 4.13. The molecule has 3 aromatic rings. The zero-order valence-corrected chi connectivity index (χ0v) is 17.0. The number of amides is 2. The normalized spacial score (nSPS) is 14.0. The highest BCUT2D eigenvalue weighted by Gasteiger charge is 2.26. The number of aryl methyl sites for hydroxylation is 1. The van der Waals surface area contributed by atoms with Crippen molar-refractivity contribution in [2.24, 2.45) is 0 Å². The summed E-state index contributed by atoms with van der Waals surface area (Å²) in [5.74, 6) is 1.37. The molecule has 1 aliphatic rings. The summed E-state index contributed by atoms with van der Waals surface area (Å²) < 4.78 is 5.83. The minimum absolute atomic E-state index is 0.0393. The smallest absolute Gasteiger partial charge is 0.264 e. The maximum absolute atomic E-state index is 12.9. The van der Waals surface area contributed by atoms with E-state index >= 15 is 0 Å². The molecule has 0 aliphatic carbocycles. The van der Waals surface area contributed by atoms with Gasteiger partial charge < -0.3 is 14.5 Å². The number of carbonyl (C=O) groups excluding carboxylic acids is 2. The molecule has 6 heteroatoms. The number of ether oxygens (including phenoxy) is 1. The van der Waals surface area contributed by atoms with Gasteiger partial charge in [-0.2, -0.15) is 0 Å². The number of carbonyl (C=O) groups is 2. The molecule has 1 saturated heterocycles. The van der Waals surface area contributed by atoms with Crippen molar-refractivity contribution in [2.45, 2.75) is 6.92 Å². The molecule has 1 aliphatic heterocycles. The Kier molecular flexibility index (Phi) is 5.62. The van der Waals surface area contributed by atoms with Crippen molar-refractivity contribution in [1.82, 2.24) is 9.80 Å². The Balaban J connectivity index is 1.38. The lowest BCUT2D eigenvalue weighted by molar-refractivity contribution is 0.0538. The van der Waals surface area contributed by atoms with Gasteiger partial charge in [0.2, 0.25) is 0 Å². The van der Waals surface area contributed by atoms with Gasteiger partial charge in [0.25, 0.3) is 11.8 Å². The van der Waals surface area contributed by atoms with E-state index in [-0.39, 0.29) is 11.8 Å². The van der Waals surface area contributed by atoms with Crippen LogP contribution in [0.15, 0.2) is 66.7 Å². The number of para-hydroxylation sites is 1. The van der Waals surface area contributed by atoms with Crippen LogP contribution in [0.4, 0.5) is 0 Å². The van der Waals surface area contributed by atoms with Gasteiger partial charge in [0.05, 0.1) is 4.88 Å². The fraction of sp³-hybridized carbons (Fsp3) is 0.217. The summed E-state index contributed by atoms with van der Waals surface area (Å²) >= 11 is 1.51. The molecule has 148 valence electrons. The van der Waals surface area contributed by atoms with E-state index in [1.807, 2.05) is 66.4 Å². The Bertz CT molecular complexity index is 1010. The van der Waals surface area contributed by atoms with Crippen molar-refractivity contribution in [3.05, 3.63) is 82.0 Å². The molecule has 0 saturated carbocycles. The number of piperazine rings is 1. The van der Waals surface area contributed by atoms with E-state index in [4.69, 9.17) is 4.74 Å². The van der Waals surface area contributed by atoms with Crippen LogP contribution in [0.1, 0.15) is 24.9 Å². The lowest BCUT2D eigenvalue weighted by Gasteiger charge is -2.34. The van der Waals surface area contributed by atoms with E-state index in [2.05, 4.69) is 0 Å². The number of hydrogen-bond donors (Lipinski definition) is 0. The molecular formula is C23H22N2O3S. The molecule has 5 nitrogen and oxygen atoms in total. The molecule has 2 amide bonds. The quantitative estimate of drug-likeness (QED) is 0.643. The minimum Gasteiger partial charge on any atom is -0.457 e. The topological polar surface area (TPSA) is 49.9 Å². The third-order valence-corrected chi connectivity index (χ3v) is 5.85. The fourth-order valence-corrected chi connectivity index (χ4v) is 4.15. The highest BCUT2D eigenvalue weighted by molar-refractivity contribution is 7.13. The first-order chi connectivity index (χ1) is 14.1. The van der Waals surface area contributed by atoms with E-state index < -0.39 is 0 Å². The van der Waals surface area contributed by atoms with E-state index in [1.165, 1.54) is 11.3 Å². The summed E-state index contributed by atoms with van der Waals surface area (Å²) in [7, 11) is 0. The first-order valence-corrected chi connectivity index (χ1v) is 10.4. The van der Waals surface area contributed by atoms with Gasteiger partial charge in [-0.3, -0.25) is 9.59 Å². The summed E-state index contributed by atoms with van der Waals surface area (Å²) in [6, 6.07) is 20.5. The lowest BCUT2D eigenvalue weighted by atomic mass is 10.1. The van der Waals surface area contributed by atoms with Gasteiger partial charge in [-0.05, 0) is 49.4 Å². The van der Waals surface area contributed by atoms with Crippen LogP contribution in [-0.2, 0) is 0 Å². The molecule has 1 fully saturated rings. The Labute approximate surface area is 174 Å². The molecule has 0 N–H and O–H groups in total. The molecule has 0 unspecified atom stereocenters. The number of rotatable bonds is 4. The fourth-order valence-electron chi connectivity index (χ4n) is 3.32. The van der Waals surface area contributed by atoms with Crippen LogP contribution in [0.2, 0.25) is 0 Å². The number of benzene rings is 2. The molecule has 2 aromatic carbocycles. The van der Waals surface area contributed by atoms with E-state index in [9.17, 15) is 9.59 Å². The zero-order valence-electron chi connectivity index (χ0n) is 16.2. The Morgan fingerprint density at radius 1 is 0.793 bits per heavy atom. The first-order valence-electron chi connectivity index (χ1n) is 9.58. The lowest BCUT2D eigenvalue weighted by Crippen LogP contribution is -2.50. The highest BCUT2D eigenvalue weighted by atomic mass is 32.1. The van der Waals surface area contributed by atoms with Crippen LogP contribution in [0.5, 0.6) is 11.5 Å². The predicted molar refractivity (Wildman–Crippen MR) is 114 cm³/mol. The second-order valence-corrected chi connectivity index (χ2v) is 8.23. The third kappa shape index (κ3) is 4.49. The van der Waals surface area contributed by atoms with Crippen molar-refractivity contribution >= 4 is 23.2 Å². The molecule has 4 rings (SSSR count). The average Bonchev–Trinajstić information content (AvgIpc) is 3.20. The molecular weight excluding hydrogens is 384 g/mol. The van der Waals surface area contributed by atoms with Gasteiger partial charge in [0, 0.05) is 36.6 Å². The van der Waals surface area contributed by atoms with E-state index in [1.54, 1.807) is 17.0 Å². The second-order valence-electron chi connectivity index (χ2n) is 6.94. The predicted octanol–water partition coefficient (Wildman–Crippen LogP) is 4.45. The monoisotopic (exact) mass is 406 g/mol. The Morgan fingerprint density at radius 2 is 1.45 bits per heavy atom. The molecule has 1 aromatic heterocycles. The maximum Gasteiger partial charge on any atom is 0.264 e. The van der Waals surface area contributed by atoms with Crippen LogP contribution < -0.4 is 4.74 Å². The second kappa shape index (κ2) is 8.49. The van der Waals surface area contributed by atoms with Gasteiger partial charge >= 0.3 is 0 Å². The number of nitrogens with zero attached hydrogens (tertiary/aromatic N) is 2. The van der Waals surface area contributed by atoms with Gasteiger partial charge in [-0.15, -0.1) is 11.3 Å². The van der Waals surface area contributed by atoms with E-state index in [0.717, 1.165) is 15.5 Å². The summed E-state index contributed by atoms with van der Waals surface area (Å²) in [6.07, 6.45) is 0. The summed E-state index contributed by atoms with van der Waals surface area (Å²) in [5, 5.41) is 0. The molecule has 0 radical (unpaired) electrons. The standard InChI is InChI=1S/C23H22N2O3S/c1-17-10-11-21(29-17)23(27)25-14-12-24(13-15-25)22(26)18-6-5-9-20(16-18)28-19-7-3-2-4-8-19/h2-11,16H,12-15H2,1H3. The van der Waals surface area contributed by atoms with Gasteiger partial charge in [0.15, 0.2) is 0 Å². The summed E-state index contributed by atoms with van der Waals surface area (Å²) in [4.78, 5) is 31.0. The van der Waals surface area contributed by atoms with Crippen molar-refractivity contribution in [1.29, 1.82) is 0 Å². The van der Waals surface area contributed by atoms with Crippen molar-refractivity contribution in [3.8, 4) is 11.5 Å². The molecule has 0 bridgehead atoms. The average molecular weight is 407 g/mol. The van der Waals surface area contributed by atoms with Crippen LogP contribution in [0.3, 0.4) is 0 Å². The maximum atomic E-state index is 12.9. The van der Waals surface area contributed by atoms with Crippen molar-refractivity contribution < 1.29 is 14.3 Å². The van der Waals surface area contributed by atoms with Gasteiger partial charge in [-0.25, -0.2) is 0 Å². The molecule has 0 atom stereocenters. The number of hydrogen-bond acceptors (Lipinski definition) is 4. The first kappa shape index (κ1) is 19.2. The minimum atomic E-state index is -0.0393. The van der Waals surface area contributed by atoms with Gasteiger partial charge in [0.1, 0.15) is 11.5 Å². The Hall–Kier alpha value is -3.12. The largest absolute Gasteiger partial charge is 0.457 e. The third-order valence-electron chi connectivity index (χ3n) is 4.87. The molecule has 2 heterocycles. The molecule has 29 heavy (non-hydrogen) atoms. The van der Waals surface area contributed by atoms with Crippen LogP contribution in [-0.4, -0.2) is 47.8 Å². The van der Waals surface area contributed by atoms with Gasteiger partial charge in [-0.1, -0.05) is 24.3 Å². The highest BCUT2D eigenvalue weighted by Crippen LogP contribution is 2.23. The SMILES string of the molecule is Cc1ccc(C(=O)N2CCN(C(=O)c3cccc(Oc4ccccc4)c3)CC2)s1. The zero-order chi connectivity index (χ0) is 20.2. The van der Waals surface area contributed by atoms with Crippen LogP contribution in [0, 0.1) is 6.92 Å². The Morgan fingerprint density at radius 3 is 2.10 bits per heavy atom. The number of thiophene rings is 1. The van der Waals surface area contributed by atoms with Crippen molar-refractivity contribution in [2.75, 3.05) is 26.2 Å². The van der Waals surface area contributed by atoms with E-state index in [0.29, 0.717) is 37.5 Å². The van der Waals surface area contributed by atoms with Crippen LogP contribution in [0.25, 0.3) is 0 Å². The van der Waals surface area contributed by atoms with Crippen LogP contribution >= 0.6 is 11.3 Å². The van der Waals surface area contributed by atoms with Crippen molar-refractivity contribution in [3.63, 3.8) is 0 Å².